The van der Waals surface area contributed by atoms with Crippen molar-refractivity contribution in [2.24, 2.45) is 0 Å². The van der Waals surface area contributed by atoms with Crippen molar-refractivity contribution in [3.8, 4) is 5.75 Å². The first kappa shape index (κ1) is 13.9. The lowest BCUT2D eigenvalue weighted by molar-refractivity contribution is -0.128. The van der Waals surface area contributed by atoms with E-state index >= 15 is 0 Å². The number of hydrogen-bond donors (Lipinski definition) is 2. The minimum Gasteiger partial charge on any atom is -0.504 e. The van der Waals surface area contributed by atoms with Crippen molar-refractivity contribution in [1.29, 1.82) is 0 Å². The molecule has 2 N–H and O–H groups in total. The summed E-state index contributed by atoms with van der Waals surface area (Å²) in [7, 11) is 0. The number of halogens is 2. The summed E-state index contributed by atoms with van der Waals surface area (Å²) < 4.78 is 4.71. The Morgan fingerprint density at radius 3 is 2.76 bits per heavy atom. The molecule has 0 amide bonds. The van der Waals surface area contributed by atoms with Gasteiger partial charge < -0.3 is 14.8 Å². The first-order chi connectivity index (χ1) is 8.11. The summed E-state index contributed by atoms with van der Waals surface area (Å²) in [5.41, 5.74) is 0.826. The number of benzene rings is 1. The predicted molar refractivity (Wildman–Crippen MR) is 70.4 cm³/mol. The third kappa shape index (κ3) is 3.38. The maximum atomic E-state index is 9.52. The molecule has 0 atom stereocenters. The fourth-order valence-electron chi connectivity index (χ4n) is 1.22. The van der Waals surface area contributed by atoms with Crippen LogP contribution in [0.5, 0.6) is 5.75 Å². The van der Waals surface area contributed by atoms with Crippen molar-refractivity contribution >= 4 is 44.9 Å². The number of H-pyrrole nitrogens is 1. The van der Waals surface area contributed by atoms with Crippen LogP contribution < -0.4 is 0 Å². The van der Waals surface area contributed by atoms with E-state index in [0.29, 0.717) is 28.1 Å². The van der Waals surface area contributed by atoms with Crippen LogP contribution in [0.1, 0.15) is 6.92 Å². The molecule has 0 aliphatic rings. The van der Waals surface area contributed by atoms with E-state index in [-0.39, 0.29) is 5.75 Å². The molecule has 1 aromatic carbocycles. The van der Waals surface area contributed by atoms with Crippen LogP contribution in [0.25, 0.3) is 10.9 Å². The molecular weight excluding hydrogens is 309 g/mol. The highest BCUT2D eigenvalue weighted by Crippen LogP contribution is 2.36. The van der Waals surface area contributed by atoms with Gasteiger partial charge in [-0.2, -0.15) is 0 Å². The fourth-order valence-corrected chi connectivity index (χ4v) is 1.90. The smallest absolute Gasteiger partial charge is 0.293 e. The zero-order valence-corrected chi connectivity index (χ0v) is 11.4. The van der Waals surface area contributed by atoms with Crippen LogP contribution in [0.3, 0.4) is 0 Å². The molecule has 1 heterocycles. The highest BCUT2D eigenvalue weighted by atomic mass is 79.9. The maximum absolute atomic E-state index is 9.52. The number of carbonyl (C=O) groups is 1. The standard InChI is InChI=1S/C8H5BrClNO.C3H6O2/c9-8-7(12)6-4(10)2-1-3-5(6)11-8;1-2-5-3-4/h1-3,11-12H;3H,2H2,1H3. The predicted octanol–water partition coefficient (Wildman–Crippen LogP) is 3.47. The first-order valence-corrected chi connectivity index (χ1v) is 5.98. The van der Waals surface area contributed by atoms with E-state index in [4.69, 9.17) is 11.6 Å². The number of aromatic hydroxyl groups is 1. The molecule has 6 heteroatoms. The van der Waals surface area contributed by atoms with Crippen LogP contribution in [0.2, 0.25) is 5.02 Å². The number of rotatable bonds is 2. The molecule has 0 bridgehead atoms. The monoisotopic (exact) mass is 319 g/mol. The Kier molecular flexibility index (Phi) is 5.31. The fraction of sp³-hybridized carbons (Fsp3) is 0.182. The number of fused-ring (bicyclic) bond motifs is 1. The maximum Gasteiger partial charge on any atom is 0.293 e. The summed E-state index contributed by atoms with van der Waals surface area (Å²) >= 11 is 9.05. The van der Waals surface area contributed by atoms with E-state index in [0.717, 1.165) is 5.52 Å². The third-order valence-electron chi connectivity index (χ3n) is 1.94. The average Bonchev–Trinajstić information content (AvgIpc) is 2.58. The number of aromatic nitrogens is 1. The van der Waals surface area contributed by atoms with E-state index < -0.39 is 0 Å². The number of hydrogen-bond acceptors (Lipinski definition) is 3. The van der Waals surface area contributed by atoms with E-state index in [1.54, 1.807) is 13.0 Å². The van der Waals surface area contributed by atoms with Gasteiger partial charge in [-0.3, -0.25) is 4.79 Å². The van der Waals surface area contributed by atoms with Crippen LogP contribution in [-0.4, -0.2) is 23.2 Å². The van der Waals surface area contributed by atoms with Gasteiger partial charge in [0.05, 0.1) is 22.5 Å². The van der Waals surface area contributed by atoms with Gasteiger partial charge in [-0.1, -0.05) is 17.7 Å². The largest absolute Gasteiger partial charge is 0.504 e. The molecule has 92 valence electrons. The van der Waals surface area contributed by atoms with Gasteiger partial charge in [0.15, 0.2) is 5.75 Å². The number of carbonyl (C=O) groups excluding carboxylic acids is 1. The van der Waals surface area contributed by atoms with Gasteiger partial charge in [0, 0.05) is 0 Å². The summed E-state index contributed by atoms with van der Waals surface area (Å²) in [6, 6.07) is 5.42. The molecule has 0 aliphatic carbocycles. The van der Waals surface area contributed by atoms with Crippen molar-refractivity contribution in [2.75, 3.05) is 6.61 Å². The molecule has 0 saturated heterocycles. The second-order valence-corrected chi connectivity index (χ2v) is 4.20. The first-order valence-electron chi connectivity index (χ1n) is 4.81. The quantitative estimate of drug-likeness (QED) is 0.833. The zero-order valence-electron chi connectivity index (χ0n) is 9.04. The van der Waals surface area contributed by atoms with Gasteiger partial charge >= 0.3 is 0 Å². The van der Waals surface area contributed by atoms with Crippen molar-refractivity contribution in [3.05, 3.63) is 27.8 Å². The Hall–Kier alpha value is -1.20. The summed E-state index contributed by atoms with van der Waals surface area (Å²) in [5, 5.41) is 10.7. The van der Waals surface area contributed by atoms with Crippen LogP contribution in [0, 0.1) is 0 Å². The van der Waals surface area contributed by atoms with E-state index in [2.05, 4.69) is 25.7 Å². The SMILES string of the molecule is CCOC=O.Oc1c(Br)[nH]c2cccc(Cl)c12. The molecule has 2 aromatic rings. The highest BCUT2D eigenvalue weighted by Gasteiger charge is 2.09. The molecule has 0 spiro atoms. The van der Waals surface area contributed by atoms with Gasteiger partial charge in [0.1, 0.15) is 4.60 Å². The lowest BCUT2D eigenvalue weighted by atomic mass is 10.2. The van der Waals surface area contributed by atoms with Crippen molar-refractivity contribution in [3.63, 3.8) is 0 Å². The molecule has 0 aliphatic heterocycles. The van der Waals surface area contributed by atoms with Gasteiger partial charge in [0.2, 0.25) is 0 Å². The summed E-state index contributed by atoms with van der Waals surface area (Å²) in [6.07, 6.45) is 0. The van der Waals surface area contributed by atoms with Gasteiger partial charge in [0.25, 0.3) is 6.47 Å². The van der Waals surface area contributed by atoms with Crippen molar-refractivity contribution in [2.45, 2.75) is 6.92 Å². The zero-order chi connectivity index (χ0) is 12.8. The van der Waals surface area contributed by atoms with E-state index in [1.807, 2.05) is 12.1 Å². The molecule has 0 fully saturated rings. The van der Waals surface area contributed by atoms with Crippen LogP contribution >= 0.6 is 27.5 Å². The Morgan fingerprint density at radius 1 is 1.59 bits per heavy atom. The minimum atomic E-state index is 0.163. The Bertz CT molecular complexity index is 513. The molecule has 1 aromatic heterocycles. The Labute approximate surface area is 112 Å². The van der Waals surface area contributed by atoms with Crippen molar-refractivity contribution in [1.82, 2.24) is 4.98 Å². The number of ether oxygens (including phenoxy) is 1. The average molecular weight is 321 g/mol. The molecular formula is C11H11BrClNO3. The van der Waals surface area contributed by atoms with E-state index in [9.17, 15) is 9.90 Å². The Morgan fingerprint density at radius 2 is 2.29 bits per heavy atom. The highest BCUT2D eigenvalue weighted by molar-refractivity contribution is 9.10. The van der Waals surface area contributed by atoms with Crippen LogP contribution in [-0.2, 0) is 9.53 Å². The van der Waals surface area contributed by atoms with Gasteiger partial charge in [-0.25, -0.2) is 0 Å². The minimum absolute atomic E-state index is 0.163. The van der Waals surface area contributed by atoms with Crippen molar-refractivity contribution < 1.29 is 14.6 Å². The normalized spacial score (nSPS) is 9.59. The second-order valence-electron chi connectivity index (χ2n) is 3.00. The lowest BCUT2D eigenvalue weighted by Crippen LogP contribution is -1.80. The second kappa shape index (κ2) is 6.51. The summed E-state index contributed by atoms with van der Waals surface area (Å²) in [4.78, 5) is 12.1. The topological polar surface area (TPSA) is 62.3 Å². The number of aromatic amines is 1. The third-order valence-corrected chi connectivity index (χ3v) is 2.83. The molecule has 4 nitrogen and oxygen atoms in total. The van der Waals surface area contributed by atoms with Gasteiger partial charge in [-0.05, 0) is 35.0 Å². The van der Waals surface area contributed by atoms with E-state index in [1.165, 1.54) is 0 Å². The molecule has 0 radical (unpaired) electrons. The number of nitrogens with one attached hydrogen (secondary N) is 1. The Balaban J connectivity index is 0.000000249. The molecule has 2 rings (SSSR count). The lowest BCUT2D eigenvalue weighted by Gasteiger charge is -1.92. The summed E-state index contributed by atoms with van der Waals surface area (Å²) in [6.45, 7) is 2.66. The molecule has 0 saturated carbocycles. The summed E-state index contributed by atoms with van der Waals surface area (Å²) in [5.74, 6) is 0.163. The van der Waals surface area contributed by atoms with Crippen LogP contribution in [0.4, 0.5) is 0 Å². The van der Waals surface area contributed by atoms with Crippen LogP contribution in [0.15, 0.2) is 22.8 Å². The van der Waals surface area contributed by atoms with Gasteiger partial charge in [-0.15, -0.1) is 0 Å². The molecule has 0 unspecified atom stereocenters. The molecule has 17 heavy (non-hydrogen) atoms.